The van der Waals surface area contributed by atoms with E-state index in [9.17, 15) is 18.0 Å². The first-order valence-electron chi connectivity index (χ1n) is 14.0. The van der Waals surface area contributed by atoms with Gasteiger partial charge in [0.15, 0.2) is 0 Å². The van der Waals surface area contributed by atoms with Crippen molar-refractivity contribution in [2.24, 2.45) is 0 Å². The Morgan fingerprint density at radius 1 is 0.909 bits per heavy atom. The highest BCUT2D eigenvalue weighted by Crippen LogP contribution is 2.31. The van der Waals surface area contributed by atoms with Crippen molar-refractivity contribution >= 4 is 62.3 Å². The highest BCUT2D eigenvalue weighted by atomic mass is 35.5. The van der Waals surface area contributed by atoms with Crippen molar-refractivity contribution in [1.29, 1.82) is 0 Å². The lowest BCUT2D eigenvalue weighted by Crippen LogP contribution is -2.54. The van der Waals surface area contributed by atoms with E-state index in [1.165, 1.54) is 22.4 Å². The van der Waals surface area contributed by atoms with Gasteiger partial charge in [-0.2, -0.15) is 0 Å². The molecule has 1 N–H and O–H groups in total. The van der Waals surface area contributed by atoms with Crippen molar-refractivity contribution in [2.75, 3.05) is 24.2 Å². The molecule has 0 heterocycles. The van der Waals surface area contributed by atoms with Crippen LogP contribution in [0.2, 0.25) is 15.1 Å². The lowest BCUT2D eigenvalue weighted by molar-refractivity contribution is -0.142. The number of anilines is 1. The Kier molecular flexibility index (Phi) is 12.4. The van der Waals surface area contributed by atoms with E-state index >= 15 is 0 Å². The minimum atomic E-state index is -3.70. The van der Waals surface area contributed by atoms with Gasteiger partial charge in [0.05, 0.1) is 34.1 Å². The van der Waals surface area contributed by atoms with E-state index in [0.29, 0.717) is 27.0 Å². The summed E-state index contributed by atoms with van der Waals surface area (Å²) in [5.74, 6) is -0.211. The maximum absolute atomic E-state index is 14.0. The van der Waals surface area contributed by atoms with Crippen LogP contribution in [0, 0.1) is 0 Å². The summed E-state index contributed by atoms with van der Waals surface area (Å²) < 4.78 is 31.8. The zero-order chi connectivity index (χ0) is 32.7. The molecule has 0 radical (unpaired) electrons. The highest BCUT2D eigenvalue weighted by Gasteiger charge is 2.32. The van der Waals surface area contributed by atoms with E-state index in [0.717, 1.165) is 11.8 Å². The normalized spacial score (nSPS) is 12.4. The van der Waals surface area contributed by atoms with Crippen molar-refractivity contribution in [3.63, 3.8) is 0 Å². The molecule has 44 heavy (non-hydrogen) atoms. The van der Waals surface area contributed by atoms with Crippen LogP contribution in [0.25, 0.3) is 0 Å². The summed E-state index contributed by atoms with van der Waals surface area (Å²) in [6.45, 7) is 5.74. The summed E-state index contributed by atoms with van der Waals surface area (Å²) in [5.41, 5.74) is 1.39. The number of carbonyl (C=O) groups is 2. The Labute approximate surface area is 275 Å². The maximum Gasteiger partial charge on any atom is 0.243 e. The smallest absolute Gasteiger partial charge is 0.243 e. The van der Waals surface area contributed by atoms with E-state index < -0.39 is 21.6 Å². The number of sulfonamides is 1. The van der Waals surface area contributed by atoms with Gasteiger partial charge in [0.1, 0.15) is 11.8 Å². The zero-order valence-electron chi connectivity index (χ0n) is 25.4. The molecular weight excluding hydrogens is 645 g/mol. The van der Waals surface area contributed by atoms with Gasteiger partial charge in [-0.3, -0.25) is 13.9 Å². The van der Waals surface area contributed by atoms with Crippen LogP contribution < -0.4 is 14.4 Å². The molecule has 0 unspecified atom stereocenters. The summed E-state index contributed by atoms with van der Waals surface area (Å²) in [4.78, 5) is 29.3. The average Bonchev–Trinajstić information content (AvgIpc) is 2.93. The van der Waals surface area contributed by atoms with E-state index in [2.05, 4.69) is 5.32 Å². The first-order valence-corrected chi connectivity index (χ1v) is 17.0. The van der Waals surface area contributed by atoms with Crippen LogP contribution >= 0.6 is 34.8 Å². The van der Waals surface area contributed by atoms with Crippen LogP contribution in [0.1, 0.15) is 44.7 Å². The molecule has 0 fully saturated rings. The SMILES string of the molecule is COc1ccc(N(CCCC(=O)N(Cc2ccc(Cl)c(Cl)c2)[C@@H](Cc2ccccc2)C(=O)NC(C)(C)C)S(C)(=O)=O)cc1Cl. The van der Waals surface area contributed by atoms with Gasteiger partial charge >= 0.3 is 0 Å². The number of rotatable bonds is 13. The number of nitrogens with one attached hydrogen (secondary N) is 1. The molecule has 0 spiro atoms. The lowest BCUT2D eigenvalue weighted by atomic mass is 10.00. The average molecular weight is 683 g/mol. The monoisotopic (exact) mass is 681 g/mol. The molecule has 3 rings (SSSR count). The predicted molar refractivity (Wildman–Crippen MR) is 178 cm³/mol. The molecule has 0 aliphatic rings. The van der Waals surface area contributed by atoms with E-state index in [-0.39, 0.29) is 49.2 Å². The Morgan fingerprint density at radius 2 is 1.59 bits per heavy atom. The van der Waals surface area contributed by atoms with Gasteiger partial charge in [-0.1, -0.05) is 71.2 Å². The third kappa shape index (κ3) is 10.3. The Morgan fingerprint density at radius 3 is 2.16 bits per heavy atom. The van der Waals surface area contributed by atoms with Crippen molar-refractivity contribution in [3.05, 3.63) is 92.9 Å². The number of hydrogen-bond donors (Lipinski definition) is 1. The van der Waals surface area contributed by atoms with Crippen molar-refractivity contribution in [2.45, 2.75) is 58.2 Å². The van der Waals surface area contributed by atoms with E-state index in [4.69, 9.17) is 39.5 Å². The molecule has 0 saturated carbocycles. The molecule has 0 aromatic heterocycles. The second-order valence-electron chi connectivity index (χ2n) is 11.5. The molecular formula is C32H38Cl3N3O5S. The van der Waals surface area contributed by atoms with Gasteiger partial charge in [0.2, 0.25) is 21.8 Å². The molecule has 3 aromatic rings. The van der Waals surface area contributed by atoms with Crippen molar-refractivity contribution in [3.8, 4) is 5.75 Å². The van der Waals surface area contributed by atoms with Crippen molar-refractivity contribution < 1.29 is 22.7 Å². The van der Waals surface area contributed by atoms with Gasteiger partial charge in [0.25, 0.3) is 0 Å². The first-order chi connectivity index (χ1) is 20.6. The summed E-state index contributed by atoms with van der Waals surface area (Å²) in [6, 6.07) is 18.4. The fraction of sp³-hybridized carbons (Fsp3) is 0.375. The fourth-order valence-electron chi connectivity index (χ4n) is 4.66. The third-order valence-electron chi connectivity index (χ3n) is 6.68. The van der Waals surface area contributed by atoms with Crippen LogP contribution in [0.5, 0.6) is 5.75 Å². The Bertz CT molecular complexity index is 1560. The van der Waals surface area contributed by atoms with Crippen LogP contribution in [0.3, 0.4) is 0 Å². The lowest BCUT2D eigenvalue weighted by Gasteiger charge is -2.34. The maximum atomic E-state index is 14.0. The van der Waals surface area contributed by atoms with Crippen LogP contribution in [0.4, 0.5) is 5.69 Å². The largest absolute Gasteiger partial charge is 0.495 e. The highest BCUT2D eigenvalue weighted by molar-refractivity contribution is 7.92. The number of amides is 2. The summed E-state index contributed by atoms with van der Waals surface area (Å²) >= 11 is 18.7. The molecule has 1 atom stereocenters. The number of methoxy groups -OCH3 is 1. The number of hydrogen-bond acceptors (Lipinski definition) is 5. The number of nitrogens with zero attached hydrogens (tertiary/aromatic N) is 2. The third-order valence-corrected chi connectivity index (χ3v) is 8.91. The second-order valence-corrected chi connectivity index (χ2v) is 14.6. The fourth-order valence-corrected chi connectivity index (χ4v) is 6.19. The van der Waals surface area contributed by atoms with Gasteiger partial charge in [-0.05, 0) is 68.7 Å². The quantitative estimate of drug-likeness (QED) is 0.215. The summed E-state index contributed by atoms with van der Waals surface area (Å²) in [5, 5.41) is 3.99. The number of carbonyl (C=O) groups excluding carboxylic acids is 2. The Balaban J connectivity index is 1.93. The molecule has 12 heteroatoms. The standard InChI is InChI=1S/C32H38Cl3N3O5S/c1-32(2,3)36-31(40)28(19-22-10-7-6-8-11-22)37(21-23-13-15-25(33)26(34)18-23)30(39)12-9-17-38(44(5,41)42)24-14-16-29(43-4)27(35)20-24/h6-8,10-11,13-16,18,20,28H,9,12,17,19,21H2,1-5H3,(H,36,40)/t28-/m0/s1. The van der Waals surface area contributed by atoms with Gasteiger partial charge < -0.3 is 15.0 Å². The van der Waals surface area contributed by atoms with Crippen molar-refractivity contribution in [1.82, 2.24) is 10.2 Å². The van der Waals surface area contributed by atoms with Crippen LogP contribution in [-0.4, -0.2) is 56.6 Å². The predicted octanol–water partition coefficient (Wildman–Crippen LogP) is 6.76. The van der Waals surface area contributed by atoms with E-state index in [1.807, 2.05) is 51.1 Å². The Hall–Kier alpha value is -2.98. The number of halogens is 3. The molecule has 2 amide bonds. The molecule has 3 aromatic carbocycles. The zero-order valence-corrected chi connectivity index (χ0v) is 28.5. The van der Waals surface area contributed by atoms with Crippen LogP contribution in [0.15, 0.2) is 66.7 Å². The van der Waals surface area contributed by atoms with Gasteiger partial charge in [0, 0.05) is 31.5 Å². The molecule has 238 valence electrons. The number of benzene rings is 3. The van der Waals surface area contributed by atoms with Gasteiger partial charge in [-0.15, -0.1) is 0 Å². The second kappa shape index (κ2) is 15.3. The summed E-state index contributed by atoms with van der Waals surface area (Å²) in [6.07, 6.45) is 1.53. The summed E-state index contributed by atoms with van der Waals surface area (Å²) in [7, 11) is -2.23. The first kappa shape index (κ1) is 35.5. The van der Waals surface area contributed by atoms with Crippen LogP contribution in [-0.2, 0) is 32.6 Å². The molecule has 0 bridgehead atoms. The molecule has 8 nitrogen and oxygen atoms in total. The minimum absolute atomic E-state index is 0.0192. The van der Waals surface area contributed by atoms with Gasteiger partial charge in [-0.25, -0.2) is 8.42 Å². The molecule has 0 aliphatic carbocycles. The van der Waals surface area contributed by atoms with E-state index in [1.54, 1.807) is 30.3 Å². The topological polar surface area (TPSA) is 96.0 Å². The molecule has 0 aliphatic heterocycles. The minimum Gasteiger partial charge on any atom is -0.495 e. The number of ether oxygens (including phenoxy) is 1. The molecule has 0 saturated heterocycles.